The summed E-state index contributed by atoms with van der Waals surface area (Å²) in [7, 11) is 0. The molecule has 2 heterocycles. The minimum Gasteiger partial charge on any atom is -0.361 e. The van der Waals surface area contributed by atoms with Crippen LogP contribution in [-0.2, 0) is 13.0 Å². The maximum absolute atomic E-state index is 6.14. The van der Waals surface area contributed by atoms with Gasteiger partial charge in [0.2, 0.25) is 0 Å². The first-order valence-electron chi connectivity index (χ1n) is 9.77. The zero-order valence-corrected chi connectivity index (χ0v) is 16.6. The van der Waals surface area contributed by atoms with Gasteiger partial charge in [-0.2, -0.15) is 0 Å². The van der Waals surface area contributed by atoms with Crippen LogP contribution in [-0.4, -0.2) is 35.2 Å². The van der Waals surface area contributed by atoms with Crippen molar-refractivity contribution in [3.63, 3.8) is 0 Å². The summed E-state index contributed by atoms with van der Waals surface area (Å²) >= 11 is 6.14. The largest absolute Gasteiger partial charge is 0.361 e. The molecule has 0 bridgehead atoms. The Hall–Kier alpha value is -2.10. The topological polar surface area (TPSA) is 31.4 Å². The maximum atomic E-state index is 6.14. The summed E-state index contributed by atoms with van der Waals surface area (Å²) in [5.74, 6) is 0. The predicted molar refractivity (Wildman–Crippen MR) is 115 cm³/mol. The molecule has 27 heavy (non-hydrogen) atoms. The van der Waals surface area contributed by atoms with E-state index in [1.807, 2.05) is 18.2 Å². The number of rotatable bonds is 6. The molecule has 0 aliphatic carbocycles. The molecule has 0 atom stereocenters. The number of likely N-dealkylation sites (tertiary alicyclic amines) is 1. The fourth-order valence-electron chi connectivity index (χ4n) is 3.89. The molecule has 1 saturated heterocycles. The summed E-state index contributed by atoms with van der Waals surface area (Å²) in [4.78, 5) is 10.7. The Balaban J connectivity index is 1.42. The van der Waals surface area contributed by atoms with Gasteiger partial charge >= 0.3 is 0 Å². The fraction of sp³-hybridized carbons (Fsp3) is 0.348. The molecule has 0 spiro atoms. The molecule has 1 aliphatic rings. The normalized spacial score (nSPS) is 15.7. The highest BCUT2D eigenvalue weighted by atomic mass is 35.5. The van der Waals surface area contributed by atoms with Gasteiger partial charge < -0.3 is 4.98 Å². The van der Waals surface area contributed by atoms with E-state index in [0.29, 0.717) is 0 Å². The Bertz CT molecular complexity index is 951. The zero-order valence-electron chi connectivity index (χ0n) is 15.8. The summed E-state index contributed by atoms with van der Waals surface area (Å²) in [5.41, 5.74) is 6.12. The van der Waals surface area contributed by atoms with Crippen LogP contribution in [0.15, 0.2) is 53.7 Å². The first kappa shape index (κ1) is 18.3. The first-order chi connectivity index (χ1) is 13.2. The van der Waals surface area contributed by atoms with E-state index in [1.165, 1.54) is 48.0 Å². The molecule has 0 saturated carbocycles. The molecular formula is C23H26ClN3. The number of aliphatic imine (C=N–C) groups is 1. The van der Waals surface area contributed by atoms with Gasteiger partial charge in [-0.05, 0) is 80.2 Å². The summed E-state index contributed by atoms with van der Waals surface area (Å²) in [6, 6.07) is 14.8. The van der Waals surface area contributed by atoms with Crippen molar-refractivity contribution in [2.24, 2.45) is 4.99 Å². The van der Waals surface area contributed by atoms with E-state index >= 15 is 0 Å². The van der Waals surface area contributed by atoms with Crippen LogP contribution in [0.1, 0.15) is 36.5 Å². The van der Waals surface area contributed by atoms with Gasteiger partial charge in [-0.3, -0.25) is 9.89 Å². The van der Waals surface area contributed by atoms with E-state index < -0.39 is 0 Å². The highest BCUT2D eigenvalue weighted by molar-refractivity contribution is 6.31. The number of H-pyrrole nitrogens is 1. The number of hydrogen-bond acceptors (Lipinski definition) is 2. The zero-order chi connectivity index (χ0) is 18.6. The number of aromatic nitrogens is 1. The van der Waals surface area contributed by atoms with Crippen molar-refractivity contribution >= 4 is 28.2 Å². The van der Waals surface area contributed by atoms with Gasteiger partial charge in [0, 0.05) is 40.9 Å². The number of hydrogen-bond donors (Lipinski definition) is 1. The van der Waals surface area contributed by atoms with Gasteiger partial charge in [-0.1, -0.05) is 29.8 Å². The summed E-state index contributed by atoms with van der Waals surface area (Å²) < 4.78 is 0. The Morgan fingerprint density at radius 1 is 1.15 bits per heavy atom. The number of nitrogens with one attached hydrogen (secondary N) is 1. The van der Waals surface area contributed by atoms with Crippen LogP contribution < -0.4 is 0 Å². The number of benzene rings is 2. The molecule has 140 valence electrons. The third kappa shape index (κ3) is 4.42. The Labute approximate surface area is 166 Å². The van der Waals surface area contributed by atoms with Crippen LogP contribution in [0.25, 0.3) is 10.9 Å². The van der Waals surface area contributed by atoms with E-state index in [-0.39, 0.29) is 0 Å². The van der Waals surface area contributed by atoms with Crippen LogP contribution in [0.3, 0.4) is 0 Å². The van der Waals surface area contributed by atoms with Crippen molar-refractivity contribution in [1.29, 1.82) is 0 Å². The van der Waals surface area contributed by atoms with Crippen molar-refractivity contribution < 1.29 is 0 Å². The van der Waals surface area contributed by atoms with Crippen molar-refractivity contribution in [3.05, 3.63) is 70.4 Å². The average molecular weight is 380 g/mol. The van der Waals surface area contributed by atoms with Crippen LogP contribution in [0.4, 0.5) is 0 Å². The lowest BCUT2D eigenvalue weighted by atomic mass is 10.1. The maximum Gasteiger partial charge on any atom is 0.0457 e. The molecule has 4 heteroatoms. The second-order valence-electron chi connectivity index (χ2n) is 7.40. The second-order valence-corrected chi connectivity index (χ2v) is 7.84. The Kier molecular flexibility index (Phi) is 5.61. The van der Waals surface area contributed by atoms with Gasteiger partial charge in [0.1, 0.15) is 0 Å². The van der Waals surface area contributed by atoms with Crippen molar-refractivity contribution in [2.45, 2.75) is 32.7 Å². The van der Waals surface area contributed by atoms with Crippen molar-refractivity contribution in [2.75, 3.05) is 19.6 Å². The number of nitrogens with zero attached hydrogens (tertiary/aromatic N) is 2. The highest BCUT2D eigenvalue weighted by Crippen LogP contribution is 2.23. The van der Waals surface area contributed by atoms with E-state index in [2.05, 4.69) is 47.3 Å². The Morgan fingerprint density at radius 3 is 2.85 bits per heavy atom. The lowest BCUT2D eigenvalue weighted by Crippen LogP contribution is -2.18. The van der Waals surface area contributed by atoms with Gasteiger partial charge in [-0.25, -0.2) is 0 Å². The predicted octanol–water partition coefficient (Wildman–Crippen LogP) is 5.47. The van der Waals surface area contributed by atoms with E-state index in [4.69, 9.17) is 16.6 Å². The third-order valence-electron chi connectivity index (χ3n) is 5.41. The summed E-state index contributed by atoms with van der Waals surface area (Å²) in [5, 5.41) is 1.97. The number of fused-ring (bicyclic) bond motifs is 1. The molecule has 2 aromatic carbocycles. The van der Waals surface area contributed by atoms with Gasteiger partial charge in [0.25, 0.3) is 0 Å². The molecule has 0 unspecified atom stereocenters. The molecular weight excluding hydrogens is 354 g/mol. The smallest absolute Gasteiger partial charge is 0.0457 e. The molecule has 1 aliphatic heterocycles. The molecule has 1 N–H and O–H groups in total. The number of halogens is 1. The van der Waals surface area contributed by atoms with Crippen LogP contribution in [0.5, 0.6) is 0 Å². The molecule has 0 radical (unpaired) electrons. The van der Waals surface area contributed by atoms with E-state index in [1.54, 1.807) is 0 Å². The molecule has 3 aromatic rings. The van der Waals surface area contributed by atoms with Crippen LogP contribution in [0.2, 0.25) is 5.02 Å². The molecule has 0 amide bonds. The minimum atomic E-state index is 0.776. The Morgan fingerprint density at radius 2 is 2.00 bits per heavy atom. The van der Waals surface area contributed by atoms with Crippen LogP contribution >= 0.6 is 11.6 Å². The van der Waals surface area contributed by atoms with Gasteiger partial charge in [0.05, 0.1) is 0 Å². The monoisotopic (exact) mass is 379 g/mol. The first-order valence-corrected chi connectivity index (χ1v) is 10.1. The lowest BCUT2D eigenvalue weighted by Gasteiger charge is -2.15. The molecule has 4 rings (SSSR count). The molecule has 1 fully saturated rings. The van der Waals surface area contributed by atoms with Gasteiger partial charge in [0.15, 0.2) is 0 Å². The minimum absolute atomic E-state index is 0.776. The van der Waals surface area contributed by atoms with Crippen LogP contribution in [0, 0.1) is 0 Å². The summed E-state index contributed by atoms with van der Waals surface area (Å²) in [6.07, 6.45) is 5.64. The summed E-state index contributed by atoms with van der Waals surface area (Å²) in [6.45, 7) is 6.40. The quantitative estimate of drug-likeness (QED) is 0.566. The van der Waals surface area contributed by atoms with Crippen molar-refractivity contribution in [1.82, 2.24) is 9.88 Å². The fourth-order valence-corrected chi connectivity index (χ4v) is 4.06. The SMILES string of the molecule is CC(=NCCc1c[nH]c2ccc(Cl)cc12)c1cccc(CN2CCCC2)c1. The van der Waals surface area contributed by atoms with E-state index in [0.717, 1.165) is 35.8 Å². The highest BCUT2D eigenvalue weighted by Gasteiger charge is 2.12. The number of aromatic amines is 1. The lowest BCUT2D eigenvalue weighted by molar-refractivity contribution is 0.331. The van der Waals surface area contributed by atoms with Gasteiger partial charge in [-0.15, -0.1) is 0 Å². The molecule has 1 aromatic heterocycles. The third-order valence-corrected chi connectivity index (χ3v) is 5.64. The molecule has 3 nitrogen and oxygen atoms in total. The van der Waals surface area contributed by atoms with Crippen molar-refractivity contribution in [3.8, 4) is 0 Å². The standard InChI is InChI=1S/C23H26ClN3/c1-17(19-6-4-5-18(13-19)16-27-11-2-3-12-27)25-10-9-20-15-26-23-8-7-21(24)14-22(20)23/h4-8,13-15,26H,2-3,9-12,16H2,1H3. The second kappa shape index (κ2) is 8.28. The average Bonchev–Trinajstić information content (AvgIpc) is 3.32. The van der Waals surface area contributed by atoms with E-state index in [9.17, 15) is 0 Å².